The van der Waals surface area contributed by atoms with Crippen molar-refractivity contribution in [2.45, 2.75) is 96.9 Å². The lowest BCUT2D eigenvalue weighted by Crippen LogP contribution is -2.53. The molecule has 0 aromatic heterocycles. The first kappa shape index (κ1) is 33.0. The van der Waals surface area contributed by atoms with Crippen molar-refractivity contribution in [1.29, 1.82) is 0 Å². The summed E-state index contributed by atoms with van der Waals surface area (Å²) in [6.07, 6.45) is 3.94. The Morgan fingerprint density at radius 1 is 0.892 bits per heavy atom. The zero-order valence-corrected chi connectivity index (χ0v) is 23.7. The van der Waals surface area contributed by atoms with E-state index in [4.69, 9.17) is 0 Å². The fourth-order valence-electron chi connectivity index (χ4n) is 4.28. The van der Waals surface area contributed by atoms with E-state index in [1.54, 1.807) is 0 Å². The Labute approximate surface area is 221 Å². The number of carbonyl (C=O) groups is 2. The zero-order valence-electron chi connectivity index (χ0n) is 22.9. The largest absolute Gasteiger partial charge is 0.351 e. The highest BCUT2D eigenvalue weighted by Crippen LogP contribution is 2.17. The summed E-state index contributed by atoms with van der Waals surface area (Å²) in [4.78, 5) is 25.1. The van der Waals surface area contributed by atoms with Crippen LogP contribution in [0.2, 0.25) is 0 Å². The molecule has 0 bridgehead atoms. The second kappa shape index (κ2) is 16.7. The maximum absolute atomic E-state index is 13.8. The maximum atomic E-state index is 13.8. The molecule has 212 valence electrons. The second-order valence-corrected chi connectivity index (χ2v) is 12.5. The number of amides is 2. The highest BCUT2D eigenvalue weighted by atomic mass is 32.2. The minimum atomic E-state index is -3.66. The lowest BCUT2D eigenvalue weighted by molar-refractivity contribution is -0.128. The third-order valence-corrected chi connectivity index (χ3v) is 8.43. The van der Waals surface area contributed by atoms with Gasteiger partial charge < -0.3 is 16.0 Å². The van der Waals surface area contributed by atoms with Crippen molar-refractivity contribution in [2.75, 3.05) is 18.8 Å². The predicted molar refractivity (Wildman–Crippen MR) is 144 cm³/mol. The van der Waals surface area contributed by atoms with Crippen LogP contribution >= 0.6 is 0 Å². The molecule has 0 fully saturated rings. The molecule has 2 amide bonds. The van der Waals surface area contributed by atoms with Gasteiger partial charge in [0.1, 0.15) is 17.7 Å². The van der Waals surface area contributed by atoms with Crippen LogP contribution in [0.4, 0.5) is 8.78 Å². The van der Waals surface area contributed by atoms with E-state index in [9.17, 15) is 26.8 Å². The van der Waals surface area contributed by atoms with Crippen molar-refractivity contribution in [1.82, 2.24) is 16.0 Å². The summed E-state index contributed by atoms with van der Waals surface area (Å²) >= 11 is 0. The minimum absolute atomic E-state index is 0.153. The zero-order chi connectivity index (χ0) is 28.0. The topological polar surface area (TPSA) is 104 Å². The number of carbonyl (C=O) groups excluding carboxylic acids is 2. The number of sulfone groups is 1. The Balaban J connectivity index is 3.06. The average molecular weight is 546 g/mol. The molecule has 0 aliphatic rings. The Morgan fingerprint density at radius 2 is 1.46 bits per heavy atom. The average Bonchev–Trinajstić information content (AvgIpc) is 2.76. The third-order valence-electron chi connectivity index (χ3n) is 6.14. The molecular weight excluding hydrogens is 500 g/mol. The molecular formula is C27H45F2N3O4S. The summed E-state index contributed by atoms with van der Waals surface area (Å²) in [5, 5.41) is 8.04. The summed E-state index contributed by atoms with van der Waals surface area (Å²) in [5.41, 5.74) is 0.375. The van der Waals surface area contributed by atoms with Crippen LogP contribution in [0, 0.1) is 17.6 Å². The van der Waals surface area contributed by atoms with Gasteiger partial charge in [-0.3, -0.25) is 9.59 Å². The molecule has 3 N–H and O–H groups in total. The van der Waals surface area contributed by atoms with Gasteiger partial charge in [-0.1, -0.05) is 40.5 Å². The predicted octanol–water partition coefficient (Wildman–Crippen LogP) is 3.91. The van der Waals surface area contributed by atoms with Crippen LogP contribution in [0.15, 0.2) is 18.2 Å². The standard InChI is InChI=1S/C27H45F2N3O4S/c1-6-8-25(9-7-2)37(35,36)18-26(31-20(5)33)27(34)32-24(11-13-30-12-10-19(3)4)16-21-14-22(28)17-23(29)15-21/h14-15,17,19,24-26,30H,6-13,16,18H2,1-5H3,(H,31,33)(H,32,34)/t24-,26-/m1/s1. The highest BCUT2D eigenvalue weighted by Gasteiger charge is 2.32. The van der Waals surface area contributed by atoms with Gasteiger partial charge in [0.05, 0.1) is 11.0 Å². The Kier molecular flexibility index (Phi) is 14.9. The molecule has 0 heterocycles. The summed E-state index contributed by atoms with van der Waals surface area (Å²) in [6.45, 7) is 10.6. The van der Waals surface area contributed by atoms with E-state index in [0.717, 1.165) is 19.0 Å². The van der Waals surface area contributed by atoms with Crippen molar-refractivity contribution < 1.29 is 26.8 Å². The Hall–Kier alpha value is -2.07. The van der Waals surface area contributed by atoms with E-state index in [1.165, 1.54) is 19.1 Å². The van der Waals surface area contributed by atoms with Gasteiger partial charge >= 0.3 is 0 Å². The van der Waals surface area contributed by atoms with Gasteiger partial charge in [0.25, 0.3) is 0 Å². The Morgan fingerprint density at radius 3 is 1.97 bits per heavy atom. The van der Waals surface area contributed by atoms with Crippen LogP contribution in [-0.4, -0.2) is 56.4 Å². The summed E-state index contributed by atoms with van der Waals surface area (Å²) in [7, 11) is -3.66. The van der Waals surface area contributed by atoms with E-state index in [-0.39, 0.29) is 6.42 Å². The van der Waals surface area contributed by atoms with Gasteiger partial charge in [-0.25, -0.2) is 17.2 Å². The number of hydrogen-bond acceptors (Lipinski definition) is 5. The lowest BCUT2D eigenvalue weighted by Gasteiger charge is -2.25. The molecule has 0 saturated heterocycles. The van der Waals surface area contributed by atoms with E-state index in [1.807, 2.05) is 13.8 Å². The molecule has 0 aliphatic heterocycles. The second-order valence-electron chi connectivity index (χ2n) is 10.2. The molecule has 7 nitrogen and oxygen atoms in total. The molecule has 0 saturated carbocycles. The lowest BCUT2D eigenvalue weighted by atomic mass is 10.0. The SMILES string of the molecule is CCCC(CCC)S(=O)(=O)C[C@@H](NC(C)=O)C(=O)N[C@H](CCNCCC(C)C)Cc1cc(F)cc(F)c1. The van der Waals surface area contributed by atoms with Crippen LogP contribution < -0.4 is 16.0 Å². The van der Waals surface area contributed by atoms with E-state index < -0.39 is 56.4 Å². The molecule has 1 aromatic rings. The van der Waals surface area contributed by atoms with Crippen LogP contribution in [0.3, 0.4) is 0 Å². The van der Waals surface area contributed by atoms with E-state index in [2.05, 4.69) is 29.8 Å². The number of halogens is 2. The maximum Gasteiger partial charge on any atom is 0.243 e. The van der Waals surface area contributed by atoms with E-state index in [0.29, 0.717) is 50.1 Å². The fraction of sp³-hybridized carbons (Fsp3) is 0.704. The molecule has 0 radical (unpaired) electrons. The van der Waals surface area contributed by atoms with Gasteiger partial charge in [-0.05, 0) is 68.8 Å². The quantitative estimate of drug-likeness (QED) is 0.243. The number of hydrogen-bond donors (Lipinski definition) is 3. The van der Waals surface area contributed by atoms with Crippen molar-refractivity contribution >= 4 is 21.7 Å². The smallest absolute Gasteiger partial charge is 0.243 e. The van der Waals surface area contributed by atoms with Crippen molar-refractivity contribution in [2.24, 2.45) is 5.92 Å². The van der Waals surface area contributed by atoms with Crippen molar-refractivity contribution in [3.05, 3.63) is 35.4 Å². The molecule has 1 rings (SSSR count). The first-order chi connectivity index (χ1) is 17.4. The molecule has 37 heavy (non-hydrogen) atoms. The van der Waals surface area contributed by atoms with Gasteiger partial charge in [-0.2, -0.15) is 0 Å². The first-order valence-electron chi connectivity index (χ1n) is 13.3. The third kappa shape index (κ3) is 13.3. The number of nitrogens with one attached hydrogen (secondary N) is 3. The van der Waals surface area contributed by atoms with Crippen molar-refractivity contribution in [3.63, 3.8) is 0 Å². The van der Waals surface area contributed by atoms with Crippen LogP contribution in [-0.2, 0) is 25.8 Å². The normalized spacial score (nSPS) is 13.5. The van der Waals surface area contributed by atoms with Gasteiger partial charge in [-0.15, -0.1) is 0 Å². The molecule has 1 aromatic carbocycles. The molecule has 0 unspecified atom stereocenters. The van der Waals surface area contributed by atoms with Crippen LogP contribution in [0.25, 0.3) is 0 Å². The molecule has 10 heteroatoms. The monoisotopic (exact) mass is 545 g/mol. The van der Waals surface area contributed by atoms with Crippen molar-refractivity contribution in [3.8, 4) is 0 Å². The Bertz CT molecular complexity index is 931. The van der Waals surface area contributed by atoms with E-state index >= 15 is 0 Å². The molecule has 0 aliphatic carbocycles. The fourth-order valence-corrected chi connectivity index (χ4v) is 6.44. The summed E-state index contributed by atoms with van der Waals surface area (Å²) in [6, 6.07) is 1.42. The number of rotatable bonds is 18. The minimum Gasteiger partial charge on any atom is -0.351 e. The van der Waals surface area contributed by atoms with Crippen LogP contribution in [0.1, 0.15) is 78.7 Å². The van der Waals surface area contributed by atoms with Gasteiger partial charge in [0.2, 0.25) is 11.8 Å². The van der Waals surface area contributed by atoms with Gasteiger partial charge in [0.15, 0.2) is 9.84 Å². The molecule has 2 atom stereocenters. The molecule has 0 spiro atoms. The number of benzene rings is 1. The summed E-state index contributed by atoms with van der Waals surface area (Å²) in [5.74, 6) is -2.54. The summed E-state index contributed by atoms with van der Waals surface area (Å²) < 4.78 is 53.8. The first-order valence-corrected chi connectivity index (χ1v) is 15.0. The highest BCUT2D eigenvalue weighted by molar-refractivity contribution is 7.92. The van der Waals surface area contributed by atoms with Gasteiger partial charge in [0, 0.05) is 19.0 Å². The van der Waals surface area contributed by atoms with Crippen LogP contribution in [0.5, 0.6) is 0 Å².